The van der Waals surface area contributed by atoms with Crippen molar-refractivity contribution in [2.24, 2.45) is 0 Å². The first-order valence-corrected chi connectivity index (χ1v) is 15.1. The molecule has 4 aromatic rings. The number of benzene rings is 1. The molecule has 11 nitrogen and oxygen atoms in total. The zero-order valence-electron chi connectivity index (χ0n) is 26.8. The fraction of sp³-hybridized carbons (Fsp3) is 0.424. The molecule has 12 heteroatoms. The largest absolute Gasteiger partial charge is 1.00 e. The van der Waals surface area contributed by atoms with Crippen LogP contribution in [0.3, 0.4) is 0 Å². The molecule has 2 aliphatic rings. The van der Waals surface area contributed by atoms with E-state index in [4.69, 9.17) is 4.74 Å². The second kappa shape index (κ2) is 12.5. The molecule has 0 radical (unpaired) electrons. The fourth-order valence-corrected chi connectivity index (χ4v) is 6.29. The number of urea groups is 1. The number of hydrogen-bond acceptors (Lipinski definition) is 8. The maximum absolute atomic E-state index is 13.1. The number of nitrogens with one attached hydrogen (secondary N) is 2. The van der Waals surface area contributed by atoms with Crippen LogP contribution in [0.25, 0.3) is 5.65 Å². The summed E-state index contributed by atoms with van der Waals surface area (Å²) in [6, 6.07) is 14.1. The number of carbonyl (C=O) groups excluding carboxylic acids is 2. The second-order valence-corrected chi connectivity index (χ2v) is 13.0. The Morgan fingerprint density at radius 2 is 1.82 bits per heavy atom. The van der Waals surface area contributed by atoms with Gasteiger partial charge in [0.2, 0.25) is 0 Å². The van der Waals surface area contributed by atoms with E-state index >= 15 is 0 Å². The van der Waals surface area contributed by atoms with Gasteiger partial charge in [0.25, 0.3) is 0 Å². The van der Waals surface area contributed by atoms with Crippen molar-refractivity contribution in [2.45, 2.75) is 76.5 Å². The van der Waals surface area contributed by atoms with Gasteiger partial charge < -0.3 is 25.3 Å². The van der Waals surface area contributed by atoms with Crippen LogP contribution in [0.2, 0.25) is 0 Å². The minimum atomic E-state index is -1.40. The number of fused-ring (bicyclic) bond motifs is 2. The summed E-state index contributed by atoms with van der Waals surface area (Å²) in [6.45, 7) is 9.01. The molecule has 3 atom stereocenters. The van der Waals surface area contributed by atoms with E-state index in [1.807, 2.05) is 67.8 Å². The van der Waals surface area contributed by atoms with Crippen LogP contribution in [-0.2, 0) is 11.0 Å². The number of aromatic nitrogens is 4. The molecule has 4 heterocycles. The van der Waals surface area contributed by atoms with Crippen LogP contribution in [0.15, 0.2) is 54.7 Å². The zero-order chi connectivity index (χ0) is 31.2. The van der Waals surface area contributed by atoms with Crippen LogP contribution in [-0.4, -0.2) is 50.1 Å². The number of carbonyl (C=O) groups is 2. The minimum Gasteiger partial charge on any atom is -0.543 e. The van der Waals surface area contributed by atoms with E-state index in [9.17, 15) is 14.7 Å². The molecule has 45 heavy (non-hydrogen) atoms. The van der Waals surface area contributed by atoms with Gasteiger partial charge in [-0.15, -0.1) is 10.2 Å². The second-order valence-electron chi connectivity index (χ2n) is 13.0. The fourth-order valence-electron chi connectivity index (χ4n) is 6.29. The van der Waals surface area contributed by atoms with Crippen LogP contribution in [0, 0.1) is 0 Å². The number of aromatic carboxylic acids is 1. The quantitative estimate of drug-likeness (QED) is 0.317. The monoisotopic (exact) mass is 603 g/mol. The normalized spacial score (nSPS) is 21.5. The third-order valence-electron chi connectivity index (χ3n) is 8.94. The Kier molecular flexibility index (Phi) is 9.00. The van der Waals surface area contributed by atoms with Crippen molar-refractivity contribution in [1.82, 2.24) is 29.8 Å². The SMILES string of the molecule is CN1CCCC1(C)c1nnc2ccc(O[C@@H]3CC[C@H](NC(=O)Nc4cc(C(=O)[O-])nc(C(C)(C)C)c4)c4ccccc43)cn12.[Li+]. The van der Waals surface area contributed by atoms with Crippen LogP contribution in [0.5, 0.6) is 5.75 Å². The van der Waals surface area contributed by atoms with Gasteiger partial charge in [-0.3, -0.25) is 14.3 Å². The molecule has 0 spiro atoms. The smallest absolute Gasteiger partial charge is 0.543 e. The Hall–Kier alpha value is -3.91. The predicted molar refractivity (Wildman–Crippen MR) is 163 cm³/mol. The van der Waals surface area contributed by atoms with Crippen molar-refractivity contribution in [1.29, 1.82) is 0 Å². The number of pyridine rings is 2. The predicted octanol–water partition coefficient (Wildman–Crippen LogP) is 1.51. The van der Waals surface area contributed by atoms with E-state index in [1.165, 1.54) is 6.07 Å². The van der Waals surface area contributed by atoms with Gasteiger partial charge in [0.1, 0.15) is 11.9 Å². The Bertz CT molecular complexity index is 1740. The number of carboxylic acid groups (broad SMARTS) is 1. The summed E-state index contributed by atoms with van der Waals surface area (Å²) in [5.74, 6) is 0.238. The van der Waals surface area contributed by atoms with E-state index in [0.29, 0.717) is 24.2 Å². The number of hydrogen-bond donors (Lipinski definition) is 2. The van der Waals surface area contributed by atoms with Gasteiger partial charge in [-0.1, -0.05) is 45.0 Å². The van der Waals surface area contributed by atoms with Gasteiger partial charge in [0.05, 0.1) is 29.4 Å². The van der Waals surface area contributed by atoms with Gasteiger partial charge in [-0.2, -0.15) is 0 Å². The average Bonchev–Trinajstić information content (AvgIpc) is 3.56. The summed E-state index contributed by atoms with van der Waals surface area (Å²) in [7, 11) is 2.13. The van der Waals surface area contributed by atoms with E-state index in [0.717, 1.165) is 47.7 Å². The third kappa shape index (κ3) is 6.43. The zero-order valence-corrected chi connectivity index (χ0v) is 26.8. The van der Waals surface area contributed by atoms with Gasteiger partial charge in [0.15, 0.2) is 11.5 Å². The molecule has 1 aliphatic heterocycles. The maximum Gasteiger partial charge on any atom is 1.00 e. The summed E-state index contributed by atoms with van der Waals surface area (Å²) in [5.41, 5.74) is 2.82. The molecule has 1 aromatic carbocycles. The van der Waals surface area contributed by atoms with Crippen molar-refractivity contribution < 1.29 is 38.3 Å². The molecule has 230 valence electrons. The van der Waals surface area contributed by atoms with Crippen LogP contribution < -0.4 is 39.3 Å². The number of ether oxygens (including phenoxy) is 1. The topological polar surface area (TPSA) is 137 Å². The molecular weight excluding hydrogens is 565 g/mol. The summed E-state index contributed by atoms with van der Waals surface area (Å²) in [6.07, 6.45) is 5.26. The standard InChI is InChI=1S/C33H39N7O4.Li/c1-32(2,3)27-18-20(17-25(35-27)29(41)42)34-31(43)36-24-12-13-26(23-10-7-6-9-22(23)24)44-21-11-14-28-37-38-30(40(28)19-21)33(4)15-8-16-39(33)5;/h6-7,9-11,14,17-19,24,26H,8,12-13,15-16H2,1-5H3,(H,41,42)(H2,34,35,36,43);/q;+1/p-1/t24-,26+,33?;/m0./s1. The number of amides is 2. The average molecular weight is 604 g/mol. The summed E-state index contributed by atoms with van der Waals surface area (Å²) in [5, 5.41) is 26.4. The molecule has 1 unspecified atom stereocenters. The Morgan fingerprint density at radius 1 is 1.07 bits per heavy atom. The molecule has 1 saturated heterocycles. The Balaban J connectivity index is 0.00000400. The number of carboxylic acids is 1. The number of likely N-dealkylation sites (tertiary alicyclic amines) is 1. The number of rotatable bonds is 6. The summed E-state index contributed by atoms with van der Waals surface area (Å²) in [4.78, 5) is 31.2. The molecule has 0 saturated carbocycles. The van der Waals surface area contributed by atoms with Crippen LogP contribution >= 0.6 is 0 Å². The Morgan fingerprint density at radius 3 is 2.51 bits per heavy atom. The summed E-state index contributed by atoms with van der Waals surface area (Å²) < 4.78 is 8.62. The van der Waals surface area contributed by atoms with E-state index in [2.05, 4.69) is 44.7 Å². The molecule has 6 rings (SSSR count). The first-order valence-electron chi connectivity index (χ1n) is 15.1. The first-order chi connectivity index (χ1) is 20.9. The van der Waals surface area contributed by atoms with Crippen molar-refractivity contribution in [3.8, 4) is 5.75 Å². The van der Waals surface area contributed by atoms with Gasteiger partial charge in [-0.05, 0) is 81.6 Å². The van der Waals surface area contributed by atoms with Gasteiger partial charge in [0, 0.05) is 16.8 Å². The first kappa shape index (κ1) is 32.5. The molecule has 2 N–H and O–H groups in total. The molecule has 1 fully saturated rings. The van der Waals surface area contributed by atoms with E-state index in [-0.39, 0.29) is 42.2 Å². The third-order valence-corrected chi connectivity index (χ3v) is 8.94. The molecule has 2 amide bonds. The van der Waals surface area contributed by atoms with E-state index in [1.54, 1.807) is 6.07 Å². The van der Waals surface area contributed by atoms with Crippen molar-refractivity contribution in [3.05, 3.63) is 83.1 Å². The van der Waals surface area contributed by atoms with Gasteiger partial charge in [-0.25, -0.2) is 4.79 Å². The van der Waals surface area contributed by atoms with Crippen LogP contribution in [0.4, 0.5) is 10.5 Å². The number of anilines is 1. The summed E-state index contributed by atoms with van der Waals surface area (Å²) >= 11 is 0. The Labute approximate surface area is 275 Å². The van der Waals surface area contributed by atoms with Crippen molar-refractivity contribution in [2.75, 3.05) is 18.9 Å². The van der Waals surface area contributed by atoms with Crippen molar-refractivity contribution >= 4 is 23.3 Å². The van der Waals surface area contributed by atoms with Crippen molar-refractivity contribution in [3.63, 3.8) is 0 Å². The van der Waals surface area contributed by atoms with Gasteiger partial charge >= 0.3 is 24.9 Å². The van der Waals surface area contributed by atoms with E-state index < -0.39 is 17.4 Å². The molecular formula is C33H38LiN7O4. The molecule has 3 aromatic heterocycles. The molecule has 0 bridgehead atoms. The minimum absolute atomic E-state index is 0. The molecule has 1 aliphatic carbocycles. The number of nitrogens with zero attached hydrogens (tertiary/aromatic N) is 5. The maximum atomic E-state index is 13.1. The van der Waals surface area contributed by atoms with Crippen LogP contribution in [0.1, 0.15) is 98.7 Å².